The molecule has 0 unspecified atom stereocenters. The van der Waals surface area contributed by atoms with Gasteiger partial charge in [0.05, 0.1) is 10.5 Å². The highest BCUT2D eigenvalue weighted by atomic mass is 32.2. The molecule has 0 heterocycles. The maximum Gasteiger partial charge on any atom is 0.294 e. The molecule has 6 heteroatoms. The van der Waals surface area contributed by atoms with Crippen molar-refractivity contribution in [3.8, 4) is 0 Å². The predicted molar refractivity (Wildman–Crippen MR) is 87.6 cm³/mol. The molecule has 1 aromatic carbocycles. The Hall–Kier alpha value is -0.950. The molecule has 0 saturated carbocycles. The molecule has 128 valence electrons. The van der Waals surface area contributed by atoms with Gasteiger partial charge in [0, 0.05) is 13.2 Å². The average molecular weight is 332 g/mol. The highest BCUT2D eigenvalue weighted by Gasteiger charge is 2.11. The zero-order valence-corrected chi connectivity index (χ0v) is 14.9. The second kappa shape index (κ2) is 9.25. The van der Waals surface area contributed by atoms with Gasteiger partial charge in [-0.1, -0.05) is 24.6 Å². The van der Waals surface area contributed by atoms with Crippen LogP contribution < -0.4 is 0 Å². The maximum absolute atomic E-state index is 10.5. The lowest BCUT2D eigenvalue weighted by atomic mass is 10.1. The van der Waals surface area contributed by atoms with Crippen molar-refractivity contribution < 1.29 is 22.8 Å². The van der Waals surface area contributed by atoms with E-state index in [0.29, 0.717) is 5.92 Å². The first-order chi connectivity index (χ1) is 9.95. The lowest BCUT2D eigenvalue weighted by molar-refractivity contribution is -0.0225. The zero-order valence-electron chi connectivity index (χ0n) is 14.0. The number of rotatable bonds is 5. The summed E-state index contributed by atoms with van der Waals surface area (Å²) in [5.41, 5.74) is 0.904. The van der Waals surface area contributed by atoms with Crippen LogP contribution in [0.15, 0.2) is 29.2 Å². The van der Waals surface area contributed by atoms with Crippen LogP contribution in [0.1, 0.15) is 39.7 Å². The third-order valence-corrected chi connectivity index (χ3v) is 3.61. The summed E-state index contributed by atoms with van der Waals surface area (Å²) in [5, 5.41) is 8.61. The SMILES string of the molecule is C[C@H](CCO)COC(C)(C)C.Cc1ccc(S(=O)(=O)O)cc1. The molecule has 0 aliphatic rings. The van der Waals surface area contributed by atoms with Crippen molar-refractivity contribution in [3.63, 3.8) is 0 Å². The van der Waals surface area contributed by atoms with Gasteiger partial charge >= 0.3 is 0 Å². The molecular formula is C16H28O5S. The van der Waals surface area contributed by atoms with Gasteiger partial charge in [-0.15, -0.1) is 0 Å². The van der Waals surface area contributed by atoms with E-state index in [1.165, 1.54) is 12.1 Å². The van der Waals surface area contributed by atoms with Crippen LogP contribution in [0.5, 0.6) is 0 Å². The van der Waals surface area contributed by atoms with Crippen molar-refractivity contribution in [1.29, 1.82) is 0 Å². The van der Waals surface area contributed by atoms with Crippen LogP contribution in [0.25, 0.3) is 0 Å². The Kier molecular flexibility index (Phi) is 8.85. The molecule has 0 fully saturated rings. The third kappa shape index (κ3) is 10.7. The minimum atomic E-state index is -4.02. The van der Waals surface area contributed by atoms with Gasteiger partial charge in [-0.3, -0.25) is 4.55 Å². The normalized spacial score (nSPS) is 13.2. The summed E-state index contributed by atoms with van der Waals surface area (Å²) < 4.78 is 35.1. The number of aryl methyl sites for hydroxylation is 1. The molecule has 5 nitrogen and oxygen atoms in total. The van der Waals surface area contributed by atoms with Gasteiger partial charge in [0.15, 0.2) is 0 Å². The second-order valence-corrected chi connectivity index (χ2v) is 7.75. The zero-order chi connectivity index (χ0) is 17.4. The van der Waals surface area contributed by atoms with E-state index in [1.807, 2.05) is 27.7 Å². The molecule has 1 atom stereocenters. The van der Waals surface area contributed by atoms with Gasteiger partial charge < -0.3 is 9.84 Å². The molecule has 0 radical (unpaired) electrons. The van der Waals surface area contributed by atoms with Crippen molar-refractivity contribution in [1.82, 2.24) is 0 Å². The Bertz CT molecular complexity index is 514. The smallest absolute Gasteiger partial charge is 0.294 e. The van der Waals surface area contributed by atoms with Gasteiger partial charge in [-0.25, -0.2) is 0 Å². The van der Waals surface area contributed by atoms with E-state index in [1.54, 1.807) is 12.1 Å². The minimum Gasteiger partial charge on any atom is -0.396 e. The number of aliphatic hydroxyl groups excluding tert-OH is 1. The Balaban J connectivity index is 0.000000401. The van der Waals surface area contributed by atoms with Crippen LogP contribution in [-0.4, -0.2) is 36.9 Å². The fourth-order valence-electron chi connectivity index (χ4n) is 1.41. The maximum atomic E-state index is 10.5. The summed E-state index contributed by atoms with van der Waals surface area (Å²) in [7, 11) is -4.02. The van der Waals surface area contributed by atoms with Crippen molar-refractivity contribution in [2.24, 2.45) is 5.92 Å². The van der Waals surface area contributed by atoms with Gasteiger partial charge in [0.25, 0.3) is 10.1 Å². The monoisotopic (exact) mass is 332 g/mol. The number of ether oxygens (including phenoxy) is 1. The Morgan fingerprint density at radius 1 is 1.18 bits per heavy atom. The quantitative estimate of drug-likeness (QED) is 0.810. The van der Waals surface area contributed by atoms with E-state index >= 15 is 0 Å². The molecule has 0 aliphatic heterocycles. The Labute approximate surface area is 134 Å². The highest BCUT2D eigenvalue weighted by molar-refractivity contribution is 7.85. The third-order valence-electron chi connectivity index (χ3n) is 2.74. The summed E-state index contributed by atoms with van der Waals surface area (Å²) in [4.78, 5) is -0.0666. The van der Waals surface area contributed by atoms with Gasteiger partial charge in [0.1, 0.15) is 0 Å². The largest absolute Gasteiger partial charge is 0.396 e. The van der Waals surface area contributed by atoms with Crippen LogP contribution in [0.2, 0.25) is 0 Å². The van der Waals surface area contributed by atoms with Crippen LogP contribution >= 0.6 is 0 Å². The van der Waals surface area contributed by atoms with Crippen molar-refractivity contribution >= 4 is 10.1 Å². The molecule has 0 aliphatic carbocycles. The predicted octanol–water partition coefficient (Wildman–Crippen LogP) is 3.06. The van der Waals surface area contributed by atoms with E-state index in [0.717, 1.165) is 18.6 Å². The number of hydrogen-bond donors (Lipinski definition) is 2. The first-order valence-electron chi connectivity index (χ1n) is 7.24. The first-order valence-corrected chi connectivity index (χ1v) is 8.68. The number of aliphatic hydroxyl groups is 1. The van der Waals surface area contributed by atoms with Gasteiger partial charge in [-0.05, 0) is 52.2 Å². The Morgan fingerprint density at radius 3 is 2.05 bits per heavy atom. The molecular weight excluding hydrogens is 304 g/mol. The van der Waals surface area contributed by atoms with Gasteiger partial charge in [0.2, 0.25) is 0 Å². The molecule has 1 rings (SSSR count). The van der Waals surface area contributed by atoms with Crippen LogP contribution in [-0.2, 0) is 14.9 Å². The molecule has 0 spiro atoms. The highest BCUT2D eigenvalue weighted by Crippen LogP contribution is 2.11. The van der Waals surface area contributed by atoms with Crippen LogP contribution in [0, 0.1) is 12.8 Å². The molecule has 2 N–H and O–H groups in total. The lowest BCUT2D eigenvalue weighted by Crippen LogP contribution is -2.22. The minimum absolute atomic E-state index is 0.0519. The molecule has 0 bridgehead atoms. The first kappa shape index (κ1) is 21.0. The molecule has 22 heavy (non-hydrogen) atoms. The molecule has 0 aromatic heterocycles. The van der Waals surface area contributed by atoms with Crippen molar-refractivity contribution in [2.45, 2.75) is 51.5 Å². The summed E-state index contributed by atoms with van der Waals surface area (Å²) in [6.07, 6.45) is 0.829. The van der Waals surface area contributed by atoms with Crippen LogP contribution in [0.4, 0.5) is 0 Å². The fraction of sp³-hybridized carbons (Fsp3) is 0.625. The second-order valence-electron chi connectivity index (χ2n) is 6.33. The topological polar surface area (TPSA) is 83.8 Å². The van der Waals surface area contributed by atoms with E-state index in [9.17, 15) is 8.42 Å². The summed E-state index contributed by atoms with van der Waals surface area (Å²) >= 11 is 0. The van der Waals surface area contributed by atoms with Gasteiger partial charge in [-0.2, -0.15) is 8.42 Å². The number of hydrogen-bond acceptors (Lipinski definition) is 4. The summed E-state index contributed by atoms with van der Waals surface area (Å²) in [6, 6.07) is 5.99. The molecule has 0 saturated heterocycles. The van der Waals surface area contributed by atoms with E-state index in [-0.39, 0.29) is 17.1 Å². The van der Waals surface area contributed by atoms with Crippen molar-refractivity contribution in [2.75, 3.05) is 13.2 Å². The van der Waals surface area contributed by atoms with E-state index in [4.69, 9.17) is 14.4 Å². The molecule has 0 amide bonds. The summed E-state index contributed by atoms with van der Waals surface area (Å²) in [5.74, 6) is 0.458. The number of benzene rings is 1. The van der Waals surface area contributed by atoms with Crippen LogP contribution in [0.3, 0.4) is 0 Å². The molecule has 1 aromatic rings. The Morgan fingerprint density at radius 2 is 1.68 bits per heavy atom. The lowest BCUT2D eigenvalue weighted by Gasteiger charge is -2.22. The fourth-order valence-corrected chi connectivity index (χ4v) is 1.89. The standard InChI is InChI=1S/C9H20O2.C7H8O3S/c1-8(5-6-10)7-11-9(2,3)4;1-6-2-4-7(5-3-6)11(8,9)10/h8,10H,5-7H2,1-4H3;2-5H,1H3,(H,8,9,10)/t8-;/m1./s1. The van der Waals surface area contributed by atoms with Crippen molar-refractivity contribution in [3.05, 3.63) is 29.8 Å². The van der Waals surface area contributed by atoms with E-state index < -0.39 is 10.1 Å². The summed E-state index contributed by atoms with van der Waals surface area (Å²) in [6.45, 7) is 11.0. The van der Waals surface area contributed by atoms with E-state index in [2.05, 4.69) is 6.92 Å². The average Bonchev–Trinajstić information content (AvgIpc) is 2.36.